The first-order valence-corrected chi connectivity index (χ1v) is 6.25. The predicted octanol–water partition coefficient (Wildman–Crippen LogP) is 2.11. The van der Waals surface area contributed by atoms with Crippen LogP contribution in [0.5, 0.6) is 0 Å². The smallest absolute Gasteiger partial charge is 0.257 e. The highest BCUT2D eigenvalue weighted by Gasteiger charge is 2.17. The Morgan fingerprint density at radius 2 is 1.94 bits per heavy atom. The van der Waals surface area contributed by atoms with Gasteiger partial charge in [-0.15, -0.1) is 0 Å². The van der Waals surface area contributed by atoms with Crippen LogP contribution in [0.15, 0.2) is 24.3 Å². The fourth-order valence-electron chi connectivity index (χ4n) is 1.99. The maximum absolute atomic E-state index is 12.0. The Morgan fingerprint density at radius 3 is 2.59 bits per heavy atom. The maximum Gasteiger partial charge on any atom is 0.257 e. The van der Waals surface area contributed by atoms with Crippen LogP contribution in [0.4, 0.5) is 0 Å². The summed E-state index contributed by atoms with van der Waals surface area (Å²) in [5, 5.41) is 3.35. The molecule has 0 atom stereocenters. The van der Waals surface area contributed by atoms with Crippen molar-refractivity contribution in [2.24, 2.45) is 0 Å². The summed E-state index contributed by atoms with van der Waals surface area (Å²) in [5.41, 5.74) is 1.66. The quantitative estimate of drug-likeness (QED) is 0.773. The van der Waals surface area contributed by atoms with Crippen LogP contribution in [-0.2, 0) is 0 Å². The number of rotatable bonds is 1. The van der Waals surface area contributed by atoms with E-state index in [2.05, 4.69) is 5.32 Å². The zero-order valence-electron chi connectivity index (χ0n) is 9.90. The summed E-state index contributed by atoms with van der Waals surface area (Å²) in [5.74, 6) is -0.111. The number of amides is 1. The molecule has 1 heterocycles. The lowest BCUT2D eigenvalue weighted by Gasteiger charge is -2.19. The van der Waals surface area contributed by atoms with Gasteiger partial charge in [0.15, 0.2) is 5.11 Å². The van der Waals surface area contributed by atoms with Crippen molar-refractivity contribution in [3.63, 3.8) is 0 Å². The number of likely N-dealkylation sites (tertiary alicyclic amines) is 1. The number of benzene rings is 1. The van der Waals surface area contributed by atoms with Gasteiger partial charge < -0.3 is 4.90 Å². The van der Waals surface area contributed by atoms with Crippen molar-refractivity contribution in [2.75, 3.05) is 13.1 Å². The van der Waals surface area contributed by atoms with Crippen molar-refractivity contribution in [3.05, 3.63) is 35.4 Å². The molecular weight excluding hydrogens is 232 g/mol. The molecule has 3 nitrogen and oxygen atoms in total. The number of carbonyl (C=O) groups excluding carboxylic acids is 1. The van der Waals surface area contributed by atoms with Gasteiger partial charge in [-0.05, 0) is 43.6 Å². The highest BCUT2D eigenvalue weighted by Crippen LogP contribution is 2.09. The van der Waals surface area contributed by atoms with Crippen molar-refractivity contribution in [2.45, 2.75) is 19.8 Å². The lowest BCUT2D eigenvalue weighted by molar-refractivity contribution is 0.0973. The Bertz CT molecular complexity index is 439. The molecule has 0 spiro atoms. The van der Waals surface area contributed by atoms with E-state index in [0.717, 1.165) is 31.5 Å². The molecule has 1 aromatic rings. The van der Waals surface area contributed by atoms with Gasteiger partial charge in [-0.25, -0.2) is 0 Å². The summed E-state index contributed by atoms with van der Waals surface area (Å²) < 4.78 is 0. The molecule has 1 aliphatic heterocycles. The van der Waals surface area contributed by atoms with Crippen LogP contribution < -0.4 is 5.32 Å². The fourth-order valence-corrected chi connectivity index (χ4v) is 2.27. The molecule has 0 bridgehead atoms. The minimum atomic E-state index is -0.111. The van der Waals surface area contributed by atoms with Crippen molar-refractivity contribution >= 4 is 23.2 Å². The first-order chi connectivity index (χ1) is 8.18. The van der Waals surface area contributed by atoms with E-state index in [0.29, 0.717) is 10.7 Å². The monoisotopic (exact) mass is 248 g/mol. The second-order valence-corrected chi connectivity index (χ2v) is 4.66. The maximum atomic E-state index is 12.0. The molecule has 90 valence electrons. The van der Waals surface area contributed by atoms with Crippen molar-refractivity contribution in [1.29, 1.82) is 0 Å². The average molecular weight is 248 g/mol. The molecule has 1 aromatic carbocycles. The lowest BCUT2D eigenvalue weighted by atomic mass is 10.1. The third kappa shape index (κ3) is 2.82. The number of hydrogen-bond acceptors (Lipinski definition) is 2. The first kappa shape index (κ1) is 12.0. The van der Waals surface area contributed by atoms with E-state index in [4.69, 9.17) is 12.2 Å². The Labute approximate surface area is 107 Å². The third-order valence-corrected chi connectivity index (χ3v) is 3.36. The van der Waals surface area contributed by atoms with Crippen molar-refractivity contribution in [1.82, 2.24) is 10.2 Å². The number of thiocarbonyl (C=S) groups is 1. The topological polar surface area (TPSA) is 32.3 Å². The third-order valence-electron chi connectivity index (χ3n) is 3.00. The van der Waals surface area contributed by atoms with E-state index in [1.54, 1.807) is 0 Å². The van der Waals surface area contributed by atoms with E-state index < -0.39 is 0 Å². The second-order valence-electron chi connectivity index (χ2n) is 4.27. The van der Waals surface area contributed by atoms with Crippen LogP contribution in [0.2, 0.25) is 0 Å². The van der Waals surface area contributed by atoms with Crippen LogP contribution >= 0.6 is 12.2 Å². The average Bonchev–Trinajstić information content (AvgIpc) is 2.82. The molecule has 0 aliphatic carbocycles. The SMILES string of the molecule is Cc1ccccc1C(=O)NC(=S)N1CCCC1. The molecule has 1 amide bonds. The van der Waals surface area contributed by atoms with E-state index in [-0.39, 0.29) is 5.91 Å². The Balaban J connectivity index is 2.02. The minimum absolute atomic E-state index is 0.111. The zero-order chi connectivity index (χ0) is 12.3. The standard InChI is InChI=1S/C13H16N2OS/c1-10-6-2-3-7-11(10)12(16)14-13(17)15-8-4-5-9-15/h2-3,6-7H,4-5,8-9H2,1H3,(H,14,16,17). The summed E-state index contributed by atoms with van der Waals surface area (Å²) in [7, 11) is 0. The molecule has 17 heavy (non-hydrogen) atoms. The number of nitrogens with zero attached hydrogens (tertiary/aromatic N) is 1. The van der Waals surface area contributed by atoms with Crippen LogP contribution in [-0.4, -0.2) is 29.0 Å². The molecule has 1 aliphatic rings. The Morgan fingerprint density at radius 1 is 1.29 bits per heavy atom. The molecule has 1 fully saturated rings. The van der Waals surface area contributed by atoms with Gasteiger partial charge in [-0.1, -0.05) is 18.2 Å². The normalized spacial score (nSPS) is 14.8. The predicted molar refractivity (Wildman–Crippen MR) is 72.1 cm³/mol. The number of nitrogens with one attached hydrogen (secondary N) is 1. The van der Waals surface area contributed by atoms with Gasteiger partial charge in [-0.2, -0.15) is 0 Å². The molecule has 1 N–H and O–H groups in total. The molecule has 0 radical (unpaired) electrons. The van der Waals surface area contributed by atoms with Crippen LogP contribution in [0.1, 0.15) is 28.8 Å². The minimum Gasteiger partial charge on any atom is -0.349 e. The Hall–Kier alpha value is -1.42. The molecule has 0 aromatic heterocycles. The number of carbonyl (C=O) groups is 1. The van der Waals surface area contributed by atoms with Crippen LogP contribution in [0, 0.1) is 6.92 Å². The molecular formula is C13H16N2OS. The zero-order valence-corrected chi connectivity index (χ0v) is 10.7. The van der Waals surface area contributed by atoms with Gasteiger partial charge >= 0.3 is 0 Å². The molecule has 0 saturated carbocycles. The first-order valence-electron chi connectivity index (χ1n) is 5.84. The lowest BCUT2D eigenvalue weighted by Crippen LogP contribution is -2.41. The summed E-state index contributed by atoms with van der Waals surface area (Å²) in [6.45, 7) is 3.83. The summed E-state index contributed by atoms with van der Waals surface area (Å²) in [4.78, 5) is 14.1. The van der Waals surface area contributed by atoms with Gasteiger partial charge in [0.2, 0.25) is 0 Å². The van der Waals surface area contributed by atoms with Gasteiger partial charge in [0, 0.05) is 18.7 Å². The number of hydrogen-bond donors (Lipinski definition) is 1. The van der Waals surface area contributed by atoms with Crippen molar-refractivity contribution < 1.29 is 4.79 Å². The molecule has 0 unspecified atom stereocenters. The van der Waals surface area contributed by atoms with Gasteiger partial charge in [0.05, 0.1) is 0 Å². The van der Waals surface area contributed by atoms with Gasteiger partial charge in [0.25, 0.3) is 5.91 Å². The van der Waals surface area contributed by atoms with E-state index in [9.17, 15) is 4.79 Å². The highest BCUT2D eigenvalue weighted by molar-refractivity contribution is 7.80. The summed E-state index contributed by atoms with van der Waals surface area (Å²) >= 11 is 5.23. The summed E-state index contributed by atoms with van der Waals surface area (Å²) in [6, 6.07) is 7.52. The summed E-state index contributed by atoms with van der Waals surface area (Å²) in [6.07, 6.45) is 2.31. The molecule has 4 heteroatoms. The van der Waals surface area contributed by atoms with Crippen molar-refractivity contribution in [3.8, 4) is 0 Å². The van der Waals surface area contributed by atoms with Gasteiger partial charge in [-0.3, -0.25) is 10.1 Å². The van der Waals surface area contributed by atoms with Gasteiger partial charge in [0.1, 0.15) is 0 Å². The fraction of sp³-hybridized carbons (Fsp3) is 0.385. The van der Waals surface area contributed by atoms with E-state index in [1.165, 1.54) is 0 Å². The number of aryl methyl sites for hydroxylation is 1. The van der Waals surface area contributed by atoms with E-state index >= 15 is 0 Å². The molecule has 1 saturated heterocycles. The highest BCUT2D eigenvalue weighted by atomic mass is 32.1. The molecule has 2 rings (SSSR count). The second kappa shape index (κ2) is 5.27. The van der Waals surface area contributed by atoms with Crippen LogP contribution in [0.3, 0.4) is 0 Å². The Kier molecular flexibility index (Phi) is 3.74. The van der Waals surface area contributed by atoms with E-state index in [1.807, 2.05) is 36.1 Å². The largest absolute Gasteiger partial charge is 0.349 e. The van der Waals surface area contributed by atoms with Crippen LogP contribution in [0.25, 0.3) is 0 Å².